The van der Waals surface area contributed by atoms with Crippen molar-refractivity contribution in [3.8, 4) is 0 Å². The average Bonchev–Trinajstić information content (AvgIpc) is 2.53. The van der Waals surface area contributed by atoms with Crippen LogP contribution in [0.3, 0.4) is 0 Å². The number of rotatable bonds is 6. The first-order valence-corrected chi connectivity index (χ1v) is 5.21. The number of thioether (sulfide) groups is 1. The Labute approximate surface area is 84.7 Å². The summed E-state index contributed by atoms with van der Waals surface area (Å²) in [5, 5.41) is 15.7. The molecule has 0 radical (unpaired) electrons. The molecule has 0 bridgehead atoms. The summed E-state index contributed by atoms with van der Waals surface area (Å²) in [5.74, 6) is 0.446. The summed E-state index contributed by atoms with van der Waals surface area (Å²) in [6.07, 6.45) is 1.92. The Morgan fingerprint density at radius 1 is 1.57 bits per heavy atom. The molecule has 0 spiro atoms. The van der Waals surface area contributed by atoms with E-state index in [0.29, 0.717) is 17.5 Å². The van der Waals surface area contributed by atoms with Gasteiger partial charge in [0.15, 0.2) is 0 Å². The molecule has 78 valence electrons. The van der Waals surface area contributed by atoms with Gasteiger partial charge >= 0.3 is 5.97 Å². The van der Waals surface area contributed by atoms with Crippen molar-refractivity contribution in [3.05, 3.63) is 11.8 Å². The molecule has 1 rings (SSSR count). The fourth-order valence-electron chi connectivity index (χ4n) is 0.754. The molecule has 1 aromatic heterocycles. The molecular weight excluding hydrogens is 208 g/mol. The van der Waals surface area contributed by atoms with Gasteiger partial charge in [0.05, 0.1) is 5.75 Å². The predicted octanol–water partition coefficient (Wildman–Crippen LogP) is 0.534. The normalized spacial score (nSPS) is 10.4. The first kappa shape index (κ1) is 11.0. The molecule has 1 aromatic rings. The van der Waals surface area contributed by atoms with E-state index in [1.54, 1.807) is 11.8 Å². The van der Waals surface area contributed by atoms with Gasteiger partial charge < -0.3 is 14.3 Å². The highest BCUT2D eigenvalue weighted by atomic mass is 32.2. The molecule has 0 unspecified atom stereocenters. The van der Waals surface area contributed by atoms with Crippen LogP contribution in [0.4, 0.5) is 0 Å². The molecule has 1 heterocycles. The van der Waals surface area contributed by atoms with Crippen molar-refractivity contribution < 1.29 is 19.1 Å². The molecule has 0 atom stereocenters. The molecule has 0 saturated heterocycles. The molecule has 0 fully saturated rings. The summed E-state index contributed by atoms with van der Waals surface area (Å²) in [6, 6.07) is 0. The number of ether oxygens (including phenoxy) is 1. The number of aliphatic carboxylic acids is 1. The van der Waals surface area contributed by atoms with Crippen molar-refractivity contribution in [3.63, 3.8) is 0 Å². The van der Waals surface area contributed by atoms with Gasteiger partial charge in [-0.3, -0.25) is 0 Å². The van der Waals surface area contributed by atoms with Gasteiger partial charge in [-0.1, -0.05) is 0 Å². The second-order valence-electron chi connectivity index (χ2n) is 2.41. The Balaban J connectivity index is 2.32. The van der Waals surface area contributed by atoms with Gasteiger partial charge in [-0.15, -0.1) is 10.2 Å². The SMILES string of the molecule is CSCc1nnc(COCC(=O)O)o1. The number of hydrogen-bond donors (Lipinski definition) is 1. The maximum Gasteiger partial charge on any atom is 0.329 e. The van der Waals surface area contributed by atoms with Gasteiger partial charge in [0.25, 0.3) is 0 Å². The summed E-state index contributed by atoms with van der Waals surface area (Å²) < 4.78 is 9.91. The van der Waals surface area contributed by atoms with E-state index >= 15 is 0 Å². The van der Waals surface area contributed by atoms with Crippen LogP contribution in [0.1, 0.15) is 11.8 Å². The lowest BCUT2D eigenvalue weighted by molar-refractivity contribution is -0.142. The quantitative estimate of drug-likeness (QED) is 0.745. The molecule has 0 aromatic carbocycles. The Morgan fingerprint density at radius 2 is 2.29 bits per heavy atom. The van der Waals surface area contributed by atoms with Crippen molar-refractivity contribution in [1.82, 2.24) is 10.2 Å². The van der Waals surface area contributed by atoms with Gasteiger partial charge in [0.1, 0.15) is 13.2 Å². The monoisotopic (exact) mass is 218 g/mol. The first-order chi connectivity index (χ1) is 6.72. The molecule has 14 heavy (non-hydrogen) atoms. The summed E-state index contributed by atoms with van der Waals surface area (Å²) in [7, 11) is 0. The topological polar surface area (TPSA) is 85.5 Å². The van der Waals surface area contributed by atoms with Crippen LogP contribution in [-0.4, -0.2) is 34.1 Å². The lowest BCUT2D eigenvalue weighted by Crippen LogP contribution is -2.06. The van der Waals surface area contributed by atoms with Crippen molar-refractivity contribution in [1.29, 1.82) is 0 Å². The zero-order valence-corrected chi connectivity index (χ0v) is 8.41. The predicted molar refractivity (Wildman–Crippen MR) is 48.8 cm³/mol. The Morgan fingerprint density at radius 3 is 2.93 bits per heavy atom. The number of hydrogen-bond acceptors (Lipinski definition) is 6. The fraction of sp³-hybridized carbons (Fsp3) is 0.571. The molecule has 1 N–H and O–H groups in total. The molecule has 0 amide bonds. The third-order valence-corrected chi connectivity index (χ3v) is 1.76. The van der Waals surface area contributed by atoms with Crippen LogP contribution in [0.15, 0.2) is 4.42 Å². The van der Waals surface area contributed by atoms with Crippen molar-refractivity contribution in [2.45, 2.75) is 12.4 Å². The number of carboxylic acids is 1. The van der Waals surface area contributed by atoms with Gasteiger partial charge in [-0.2, -0.15) is 11.8 Å². The van der Waals surface area contributed by atoms with Crippen LogP contribution >= 0.6 is 11.8 Å². The minimum atomic E-state index is -1.02. The lowest BCUT2D eigenvalue weighted by atomic mass is 10.7. The molecule has 0 aliphatic rings. The Kier molecular flexibility index (Phi) is 4.41. The zero-order chi connectivity index (χ0) is 10.4. The molecule has 6 nitrogen and oxygen atoms in total. The first-order valence-electron chi connectivity index (χ1n) is 3.82. The van der Waals surface area contributed by atoms with Crippen LogP contribution in [-0.2, 0) is 21.9 Å². The highest BCUT2D eigenvalue weighted by Crippen LogP contribution is 2.07. The molecular formula is C7H10N2O4S. The maximum absolute atomic E-state index is 10.1. The second kappa shape index (κ2) is 5.61. The largest absolute Gasteiger partial charge is 0.480 e. The highest BCUT2D eigenvalue weighted by molar-refractivity contribution is 7.97. The van der Waals surface area contributed by atoms with Crippen molar-refractivity contribution >= 4 is 17.7 Å². The Bertz CT molecular complexity index is 302. The highest BCUT2D eigenvalue weighted by Gasteiger charge is 2.06. The summed E-state index contributed by atoms with van der Waals surface area (Å²) >= 11 is 1.57. The van der Waals surface area contributed by atoms with Gasteiger partial charge in [-0.05, 0) is 6.26 Å². The standard InChI is InChI=1S/C7H10N2O4S/c1-14-4-6-9-8-5(13-6)2-12-3-7(10)11/h2-4H2,1H3,(H,10,11). The van der Waals surface area contributed by atoms with Crippen molar-refractivity contribution in [2.75, 3.05) is 12.9 Å². The minimum Gasteiger partial charge on any atom is -0.480 e. The second-order valence-corrected chi connectivity index (χ2v) is 3.28. The summed E-state index contributed by atoms with van der Waals surface area (Å²) in [5.41, 5.74) is 0. The van der Waals surface area contributed by atoms with Crippen LogP contribution in [0.2, 0.25) is 0 Å². The molecule has 0 saturated carbocycles. The van der Waals surface area contributed by atoms with Gasteiger partial charge in [-0.25, -0.2) is 4.79 Å². The number of aromatic nitrogens is 2. The van der Waals surface area contributed by atoms with Crippen LogP contribution in [0.5, 0.6) is 0 Å². The smallest absolute Gasteiger partial charge is 0.329 e. The van der Waals surface area contributed by atoms with E-state index in [9.17, 15) is 4.79 Å². The van der Waals surface area contributed by atoms with E-state index in [2.05, 4.69) is 10.2 Å². The van der Waals surface area contributed by atoms with Gasteiger partial charge in [0.2, 0.25) is 11.8 Å². The van der Waals surface area contributed by atoms with E-state index in [1.807, 2.05) is 6.26 Å². The molecule has 7 heteroatoms. The number of nitrogens with zero attached hydrogens (tertiary/aromatic N) is 2. The zero-order valence-electron chi connectivity index (χ0n) is 7.60. The van der Waals surface area contributed by atoms with Crippen LogP contribution in [0, 0.1) is 0 Å². The summed E-state index contributed by atoms with van der Waals surface area (Å²) in [4.78, 5) is 10.1. The van der Waals surface area contributed by atoms with Crippen molar-refractivity contribution in [2.24, 2.45) is 0 Å². The average molecular weight is 218 g/mol. The van der Waals surface area contributed by atoms with E-state index in [4.69, 9.17) is 14.3 Å². The third kappa shape index (κ3) is 3.75. The third-order valence-electron chi connectivity index (χ3n) is 1.23. The fourth-order valence-corrected chi connectivity index (χ4v) is 1.12. The minimum absolute atomic E-state index is 0.0354. The Hall–Kier alpha value is -1.08. The molecule has 0 aliphatic heterocycles. The van der Waals surface area contributed by atoms with Gasteiger partial charge in [0, 0.05) is 0 Å². The van der Waals surface area contributed by atoms with E-state index in [1.165, 1.54) is 0 Å². The number of carbonyl (C=O) groups is 1. The summed E-state index contributed by atoms with van der Waals surface area (Å²) in [6.45, 7) is -0.325. The number of carboxylic acid groups (broad SMARTS) is 1. The van der Waals surface area contributed by atoms with Crippen LogP contribution in [0.25, 0.3) is 0 Å². The van der Waals surface area contributed by atoms with E-state index in [-0.39, 0.29) is 13.2 Å². The van der Waals surface area contributed by atoms with E-state index in [0.717, 1.165) is 0 Å². The maximum atomic E-state index is 10.1. The lowest BCUT2D eigenvalue weighted by Gasteiger charge is -1.94. The molecule has 0 aliphatic carbocycles. The van der Waals surface area contributed by atoms with Crippen LogP contribution < -0.4 is 0 Å². The van der Waals surface area contributed by atoms with E-state index < -0.39 is 5.97 Å².